The van der Waals surface area contributed by atoms with E-state index in [9.17, 15) is 4.79 Å². The molecule has 5 aromatic carbocycles. The zero-order valence-corrected chi connectivity index (χ0v) is 57.7. The summed E-state index contributed by atoms with van der Waals surface area (Å²) in [5.41, 5.74) is 17.3. The standard InChI is InChI=1S/C16H21BN2O3.C15H19BN2O4.C14H19BN2O3.C13H19BN2O3.C7H7BN2O3/c1-15(2)16(3,4)22-17(21-15)10-5-8-13-12(9-10)14(19-20-13)18-11-6-7-11;1-9(19)17-13-11-7-6-10(8-12(11)20-18-13)16-21-14(2,3)15(4,5)22-16;1-13(2)14(3,4)20-15(19-13)9-6-7-11-10(8-9)12(16-5)17-18-11;1-8(2)18-14(19-9(3)4)10-5-6-11-12(7-10)17-13(15)16-11;9-7-10-5-2-1-4(8(11)12)3-6(5)13-7/h5,8-9,11H,6-7H2,1-4H3,(H,18,19);6-8H,1-5H3,(H,17,18,19);6-8H,1-5H3,(H,16,17);5-9H,1-4H3,(H2,15,16);1-3,11-12H,(H2,9,10). The summed E-state index contributed by atoms with van der Waals surface area (Å²) in [6.45, 7) is 33.8. The molecule has 4 fully saturated rings. The number of amides is 1. The van der Waals surface area contributed by atoms with E-state index < -0.39 is 32.6 Å². The zero-order chi connectivity index (χ0) is 69.6. The molecule has 5 aromatic heterocycles. The number of oxazole rings is 2. The monoisotopic (exact) mass is 1320 g/mol. The third-order valence-electron chi connectivity index (χ3n) is 17.7. The van der Waals surface area contributed by atoms with E-state index in [0.29, 0.717) is 39.6 Å². The number of aromatic nitrogens is 5. The number of nitrogens with zero attached hydrogens (tertiary/aromatic N) is 5. The van der Waals surface area contributed by atoms with E-state index in [4.69, 9.17) is 81.2 Å². The second kappa shape index (κ2) is 27.5. The van der Waals surface area contributed by atoms with Crippen LogP contribution in [0.2, 0.25) is 0 Å². The normalized spacial score (nSPS) is 17.8. The topological polar surface area (TPSA) is 350 Å². The van der Waals surface area contributed by atoms with Crippen LogP contribution in [0.5, 0.6) is 0 Å². The Bertz CT molecular complexity index is 4310. The van der Waals surface area contributed by atoms with Gasteiger partial charge in [0.25, 0.3) is 12.0 Å². The van der Waals surface area contributed by atoms with E-state index in [1.807, 2.05) is 157 Å². The molecule has 26 nitrogen and oxygen atoms in total. The molecule has 14 rings (SSSR count). The first-order chi connectivity index (χ1) is 45.0. The Hall–Kier alpha value is -7.96. The minimum absolute atomic E-state index is 0.0687. The molecule has 0 unspecified atom stereocenters. The molecule has 96 heavy (non-hydrogen) atoms. The van der Waals surface area contributed by atoms with Gasteiger partial charge in [-0.25, -0.2) is 0 Å². The Balaban J connectivity index is 0.000000132. The first-order valence-electron chi connectivity index (χ1n) is 32.0. The first-order valence-corrected chi connectivity index (χ1v) is 32.0. The minimum atomic E-state index is -1.50. The molecule has 506 valence electrons. The Morgan fingerprint density at radius 3 is 1.34 bits per heavy atom. The molecular formula is C65H85B5N10O16. The van der Waals surface area contributed by atoms with Crippen molar-refractivity contribution in [1.29, 1.82) is 0 Å². The second-order valence-corrected chi connectivity index (χ2v) is 27.6. The predicted molar refractivity (Wildman–Crippen MR) is 374 cm³/mol. The second-order valence-electron chi connectivity index (χ2n) is 27.6. The van der Waals surface area contributed by atoms with E-state index in [-0.39, 0.29) is 66.8 Å². The van der Waals surface area contributed by atoms with Gasteiger partial charge in [0.1, 0.15) is 11.0 Å². The molecule has 0 bridgehead atoms. The Kier molecular flexibility index (Phi) is 20.3. The zero-order valence-electron chi connectivity index (χ0n) is 57.7. The maximum atomic E-state index is 11.1. The van der Waals surface area contributed by atoms with Crippen LogP contribution in [0.4, 0.5) is 29.5 Å². The van der Waals surface area contributed by atoms with Crippen molar-refractivity contribution >= 4 is 153 Å². The maximum Gasteiger partial charge on any atom is 0.494 e. The van der Waals surface area contributed by atoms with Gasteiger partial charge in [-0.1, -0.05) is 45.8 Å². The fourth-order valence-electron chi connectivity index (χ4n) is 10.1. The molecule has 0 atom stereocenters. The lowest BCUT2D eigenvalue weighted by Crippen LogP contribution is -2.41. The van der Waals surface area contributed by atoms with Crippen molar-refractivity contribution in [1.82, 2.24) is 25.4 Å². The van der Waals surface area contributed by atoms with Crippen molar-refractivity contribution in [3.8, 4) is 0 Å². The summed E-state index contributed by atoms with van der Waals surface area (Å²) in [6.07, 6.45) is 2.54. The van der Waals surface area contributed by atoms with Crippen LogP contribution in [0.1, 0.15) is 131 Å². The van der Waals surface area contributed by atoms with E-state index in [2.05, 4.69) is 75.1 Å². The summed E-state index contributed by atoms with van der Waals surface area (Å²) in [6, 6.07) is 28.4. The number of carbonyl (C=O) groups excluding carboxylic acids is 1. The van der Waals surface area contributed by atoms with Crippen molar-refractivity contribution in [2.45, 2.75) is 182 Å². The predicted octanol–water partition coefficient (Wildman–Crippen LogP) is 8.00. The highest BCUT2D eigenvalue weighted by Gasteiger charge is 2.54. The van der Waals surface area contributed by atoms with Crippen LogP contribution < -0.4 is 54.7 Å². The van der Waals surface area contributed by atoms with Crippen LogP contribution >= 0.6 is 0 Å². The molecule has 3 saturated heterocycles. The average molecular weight is 1320 g/mol. The molecular weight excluding hydrogens is 1230 g/mol. The molecule has 9 N–H and O–H groups in total. The highest BCUT2D eigenvalue weighted by molar-refractivity contribution is 6.64. The number of hydrogen-bond acceptors (Lipinski definition) is 25. The fourth-order valence-corrected chi connectivity index (χ4v) is 10.1. The highest BCUT2D eigenvalue weighted by atomic mass is 16.7. The summed E-state index contributed by atoms with van der Waals surface area (Å²) in [7, 11) is -1.30. The number of fused-ring (bicyclic) bond motifs is 5. The van der Waals surface area contributed by atoms with Crippen molar-refractivity contribution in [2.24, 2.45) is 0 Å². The van der Waals surface area contributed by atoms with E-state index >= 15 is 0 Å². The Morgan fingerprint density at radius 1 is 0.521 bits per heavy atom. The molecule has 8 heterocycles. The van der Waals surface area contributed by atoms with Crippen molar-refractivity contribution in [3.63, 3.8) is 0 Å². The lowest BCUT2D eigenvalue weighted by atomic mass is 9.78. The molecule has 1 amide bonds. The SMILES string of the molecule is CC(=O)Nc1noc2cc(B3OC(C)(C)C(C)(C)O3)ccc12.CC(C)OB(OC(C)C)c1ccc2nc(N)oc2c1.CC1(C)OB(c2ccc3onc(NC4CC4)c3c2)OC1(C)C.CNc1noc2ccc(B3OC(C)(C)C(C)(C)O3)cc12.Nc1nc2ccc(B(O)O)cc2o1. The minimum Gasteiger partial charge on any atom is -0.424 e. The molecule has 1 saturated carbocycles. The first kappa shape index (κ1) is 70.8. The van der Waals surface area contributed by atoms with Gasteiger partial charge in [0, 0.05) is 32.2 Å². The van der Waals surface area contributed by atoms with Gasteiger partial charge in [-0.3, -0.25) is 4.79 Å². The fraction of sp³-hybridized carbons (Fsp3) is 0.446. The Labute approximate surface area is 558 Å². The Morgan fingerprint density at radius 2 is 0.917 bits per heavy atom. The molecule has 10 aromatic rings. The van der Waals surface area contributed by atoms with Gasteiger partial charge >= 0.3 is 35.6 Å². The number of benzene rings is 5. The van der Waals surface area contributed by atoms with Crippen LogP contribution in [-0.4, -0.2) is 136 Å². The number of rotatable bonds is 13. The van der Waals surface area contributed by atoms with Crippen LogP contribution in [0.15, 0.2) is 113 Å². The molecule has 31 heteroatoms. The summed E-state index contributed by atoms with van der Waals surface area (Å²) in [5, 5.41) is 41.4. The van der Waals surface area contributed by atoms with Crippen LogP contribution in [0, 0.1) is 0 Å². The lowest BCUT2D eigenvalue weighted by Gasteiger charge is -2.32. The third-order valence-corrected chi connectivity index (χ3v) is 17.7. The van der Waals surface area contributed by atoms with Gasteiger partial charge in [-0.15, -0.1) is 0 Å². The number of hydrogen-bond donors (Lipinski definition) is 7. The van der Waals surface area contributed by atoms with E-state index in [1.165, 1.54) is 25.8 Å². The van der Waals surface area contributed by atoms with Crippen LogP contribution in [0.3, 0.4) is 0 Å². The molecule has 3 aliphatic heterocycles. The average Bonchev–Trinajstić information content (AvgIpc) is 1.62. The smallest absolute Gasteiger partial charge is 0.424 e. The number of nitrogens with one attached hydrogen (secondary N) is 3. The largest absolute Gasteiger partial charge is 0.494 e. The molecule has 4 aliphatic rings. The van der Waals surface area contributed by atoms with Gasteiger partial charge in [0.2, 0.25) is 5.91 Å². The lowest BCUT2D eigenvalue weighted by molar-refractivity contribution is -0.114. The summed E-state index contributed by atoms with van der Waals surface area (Å²) >= 11 is 0. The number of nitrogens with two attached hydrogens (primary N) is 2. The van der Waals surface area contributed by atoms with E-state index in [0.717, 1.165) is 66.3 Å². The van der Waals surface area contributed by atoms with Gasteiger partial charge in [-0.05, 0) is 212 Å². The number of nitrogen functional groups attached to an aromatic ring is 2. The summed E-state index contributed by atoms with van der Waals surface area (Å²) in [4.78, 5) is 19.1. The van der Waals surface area contributed by atoms with Crippen molar-refractivity contribution in [3.05, 3.63) is 91.0 Å². The highest BCUT2D eigenvalue weighted by Crippen LogP contribution is 2.40. The van der Waals surface area contributed by atoms with Crippen molar-refractivity contribution < 1.29 is 74.5 Å². The van der Waals surface area contributed by atoms with Crippen molar-refractivity contribution in [2.75, 3.05) is 34.5 Å². The molecule has 1 aliphatic carbocycles. The van der Waals surface area contributed by atoms with Gasteiger partial charge in [0.05, 0.1) is 49.8 Å². The molecule has 0 spiro atoms. The quantitative estimate of drug-likeness (QED) is 0.0537. The number of carbonyl (C=O) groups is 1. The van der Waals surface area contributed by atoms with Gasteiger partial charge < -0.3 is 97.1 Å². The van der Waals surface area contributed by atoms with Gasteiger partial charge in [0.15, 0.2) is 45.4 Å². The maximum absolute atomic E-state index is 11.1. The van der Waals surface area contributed by atoms with E-state index in [1.54, 1.807) is 12.1 Å². The van der Waals surface area contributed by atoms with Crippen LogP contribution in [0.25, 0.3) is 55.1 Å². The summed E-state index contributed by atoms with van der Waals surface area (Å²) < 4.78 is 74.2. The third kappa shape index (κ3) is 15.9. The summed E-state index contributed by atoms with van der Waals surface area (Å²) in [5.74, 6) is 1.77. The molecule has 0 radical (unpaired) electrons. The number of anilines is 5. The van der Waals surface area contributed by atoms with Crippen LogP contribution in [-0.2, 0) is 42.0 Å². The van der Waals surface area contributed by atoms with Gasteiger partial charge in [-0.2, -0.15) is 9.97 Å².